The molecule has 116 valence electrons. The molecule has 1 atom stereocenters. The molecule has 2 N–H and O–H groups in total. The predicted octanol–water partition coefficient (Wildman–Crippen LogP) is 3.15. The van der Waals surface area contributed by atoms with Gasteiger partial charge in [0.05, 0.1) is 12.5 Å². The number of carbonyl (C=O) groups excluding carboxylic acids is 2. The van der Waals surface area contributed by atoms with E-state index in [1.54, 1.807) is 11.3 Å². The lowest BCUT2D eigenvalue weighted by Crippen LogP contribution is -2.37. The van der Waals surface area contributed by atoms with Crippen molar-refractivity contribution < 1.29 is 9.59 Å². The van der Waals surface area contributed by atoms with Gasteiger partial charge in [0.25, 0.3) is 0 Å². The maximum atomic E-state index is 12.3. The lowest BCUT2D eigenvalue weighted by molar-refractivity contribution is -0.123. The number of carbonyl (C=O) groups is 2. The Bertz CT molecular complexity index is 451. The van der Waals surface area contributed by atoms with E-state index in [2.05, 4.69) is 10.6 Å². The molecule has 1 aliphatic carbocycles. The van der Waals surface area contributed by atoms with Gasteiger partial charge in [-0.05, 0) is 24.3 Å². The maximum absolute atomic E-state index is 12.3. The van der Waals surface area contributed by atoms with Crippen LogP contribution >= 0.6 is 11.3 Å². The van der Waals surface area contributed by atoms with Crippen molar-refractivity contribution in [3.8, 4) is 0 Å². The molecule has 1 unspecified atom stereocenters. The smallest absolute Gasteiger partial charge is 0.222 e. The van der Waals surface area contributed by atoms with E-state index >= 15 is 0 Å². The predicted molar refractivity (Wildman–Crippen MR) is 85.1 cm³/mol. The molecular weight excluding hydrogens is 284 g/mol. The Balaban J connectivity index is 1.89. The van der Waals surface area contributed by atoms with Crippen molar-refractivity contribution >= 4 is 23.2 Å². The van der Waals surface area contributed by atoms with E-state index in [0.717, 1.165) is 17.7 Å². The van der Waals surface area contributed by atoms with Gasteiger partial charge in [0.1, 0.15) is 0 Å². The van der Waals surface area contributed by atoms with Gasteiger partial charge < -0.3 is 10.6 Å². The van der Waals surface area contributed by atoms with Crippen LogP contribution in [0.2, 0.25) is 0 Å². The minimum absolute atomic E-state index is 0.0362. The van der Waals surface area contributed by atoms with Crippen LogP contribution in [0.4, 0.5) is 0 Å². The summed E-state index contributed by atoms with van der Waals surface area (Å²) in [5.41, 5.74) is 0. The Labute approximate surface area is 130 Å². The van der Waals surface area contributed by atoms with Crippen LogP contribution in [0, 0.1) is 0 Å². The minimum atomic E-state index is -0.215. The summed E-state index contributed by atoms with van der Waals surface area (Å²) in [6, 6.07) is 4.00. The molecule has 1 aromatic rings. The fourth-order valence-electron chi connectivity index (χ4n) is 2.85. The van der Waals surface area contributed by atoms with Crippen molar-refractivity contribution in [1.82, 2.24) is 10.6 Å². The van der Waals surface area contributed by atoms with Gasteiger partial charge in [-0.2, -0.15) is 0 Å². The van der Waals surface area contributed by atoms with Gasteiger partial charge in [-0.25, -0.2) is 0 Å². The summed E-state index contributed by atoms with van der Waals surface area (Å²) in [4.78, 5) is 24.6. The third-order valence-corrected chi connectivity index (χ3v) is 4.86. The second-order valence-corrected chi connectivity index (χ2v) is 6.71. The van der Waals surface area contributed by atoms with Gasteiger partial charge in [-0.3, -0.25) is 9.59 Å². The molecule has 1 fully saturated rings. The summed E-state index contributed by atoms with van der Waals surface area (Å²) in [6.45, 7) is 1.49. The third-order valence-electron chi connectivity index (χ3n) is 3.87. The van der Waals surface area contributed by atoms with Crippen molar-refractivity contribution in [1.29, 1.82) is 0 Å². The molecule has 5 heteroatoms. The highest BCUT2D eigenvalue weighted by Crippen LogP contribution is 2.23. The molecule has 21 heavy (non-hydrogen) atoms. The SMILES string of the molecule is CC(=O)NC(CC(=O)NC1CCCCCC1)c1cccs1. The number of hydrogen-bond acceptors (Lipinski definition) is 3. The molecule has 2 rings (SSSR count). The molecular formula is C16H24N2O2S. The van der Waals surface area contributed by atoms with Gasteiger partial charge in [0.15, 0.2) is 0 Å². The lowest BCUT2D eigenvalue weighted by atomic mass is 10.1. The first-order chi connectivity index (χ1) is 10.1. The van der Waals surface area contributed by atoms with E-state index in [1.807, 2.05) is 17.5 Å². The van der Waals surface area contributed by atoms with Crippen LogP contribution in [0.1, 0.15) is 62.8 Å². The maximum Gasteiger partial charge on any atom is 0.222 e. The molecule has 0 aromatic carbocycles. The van der Waals surface area contributed by atoms with E-state index in [0.29, 0.717) is 12.5 Å². The fourth-order valence-corrected chi connectivity index (χ4v) is 3.63. The average molecular weight is 308 g/mol. The Kier molecular flexibility index (Phi) is 6.23. The Morgan fingerprint density at radius 1 is 1.29 bits per heavy atom. The third kappa shape index (κ3) is 5.50. The zero-order valence-corrected chi connectivity index (χ0v) is 13.4. The van der Waals surface area contributed by atoms with Crippen LogP contribution in [-0.4, -0.2) is 17.9 Å². The second kappa shape index (κ2) is 8.17. The highest BCUT2D eigenvalue weighted by Gasteiger charge is 2.20. The number of nitrogens with one attached hydrogen (secondary N) is 2. The molecule has 0 radical (unpaired) electrons. The highest BCUT2D eigenvalue weighted by molar-refractivity contribution is 7.10. The molecule has 0 bridgehead atoms. The van der Waals surface area contributed by atoms with Crippen molar-refractivity contribution in [2.75, 3.05) is 0 Å². The number of rotatable bonds is 5. The first-order valence-corrected chi connectivity index (χ1v) is 8.63. The first kappa shape index (κ1) is 16.0. The summed E-state index contributed by atoms with van der Waals surface area (Å²) < 4.78 is 0. The highest BCUT2D eigenvalue weighted by atomic mass is 32.1. The van der Waals surface area contributed by atoms with E-state index < -0.39 is 0 Å². The Hall–Kier alpha value is -1.36. The van der Waals surface area contributed by atoms with E-state index in [4.69, 9.17) is 0 Å². The Morgan fingerprint density at radius 2 is 2.00 bits per heavy atom. The number of hydrogen-bond donors (Lipinski definition) is 2. The van der Waals surface area contributed by atoms with Crippen LogP contribution in [0.15, 0.2) is 17.5 Å². The van der Waals surface area contributed by atoms with Crippen molar-refractivity contribution in [2.24, 2.45) is 0 Å². The summed E-state index contributed by atoms with van der Waals surface area (Å²) >= 11 is 1.57. The quantitative estimate of drug-likeness (QED) is 0.821. The average Bonchev–Trinajstić information content (AvgIpc) is 2.84. The van der Waals surface area contributed by atoms with Crippen molar-refractivity contribution in [3.05, 3.63) is 22.4 Å². The molecule has 1 saturated carbocycles. The molecule has 4 nitrogen and oxygen atoms in total. The molecule has 1 aliphatic rings. The van der Waals surface area contributed by atoms with Gasteiger partial charge >= 0.3 is 0 Å². The van der Waals surface area contributed by atoms with E-state index in [1.165, 1.54) is 32.6 Å². The summed E-state index contributed by atoms with van der Waals surface area (Å²) in [5, 5.41) is 7.98. The summed E-state index contributed by atoms with van der Waals surface area (Å²) in [5.74, 6) is -0.0651. The van der Waals surface area contributed by atoms with Crippen LogP contribution in [0.25, 0.3) is 0 Å². The van der Waals surface area contributed by atoms with Crippen molar-refractivity contribution in [2.45, 2.75) is 64.0 Å². The zero-order chi connectivity index (χ0) is 15.1. The van der Waals surface area contributed by atoms with E-state index in [-0.39, 0.29) is 17.9 Å². The molecule has 1 heterocycles. The topological polar surface area (TPSA) is 58.2 Å². The number of thiophene rings is 1. The monoisotopic (exact) mass is 308 g/mol. The van der Waals surface area contributed by atoms with Crippen LogP contribution < -0.4 is 10.6 Å². The molecule has 0 saturated heterocycles. The minimum Gasteiger partial charge on any atom is -0.353 e. The molecule has 0 spiro atoms. The summed E-state index contributed by atoms with van der Waals surface area (Å²) in [7, 11) is 0. The van der Waals surface area contributed by atoms with Gasteiger partial charge in [-0.15, -0.1) is 11.3 Å². The zero-order valence-electron chi connectivity index (χ0n) is 12.6. The fraction of sp³-hybridized carbons (Fsp3) is 0.625. The van der Waals surface area contributed by atoms with Crippen LogP contribution in [0.3, 0.4) is 0 Å². The summed E-state index contributed by atoms with van der Waals surface area (Å²) in [6.07, 6.45) is 7.42. The second-order valence-electron chi connectivity index (χ2n) is 5.73. The van der Waals surface area contributed by atoms with Gasteiger partial charge in [0.2, 0.25) is 11.8 Å². The van der Waals surface area contributed by atoms with Gasteiger partial charge in [-0.1, -0.05) is 31.7 Å². The first-order valence-electron chi connectivity index (χ1n) is 7.75. The van der Waals surface area contributed by atoms with E-state index in [9.17, 15) is 9.59 Å². The standard InChI is InChI=1S/C16H24N2O2S/c1-12(19)17-14(15-9-6-10-21-15)11-16(20)18-13-7-4-2-3-5-8-13/h6,9-10,13-14H,2-5,7-8,11H2,1H3,(H,17,19)(H,18,20). The van der Waals surface area contributed by atoms with Crippen LogP contribution in [0.5, 0.6) is 0 Å². The number of amides is 2. The normalized spacial score (nSPS) is 17.8. The van der Waals surface area contributed by atoms with Crippen LogP contribution in [-0.2, 0) is 9.59 Å². The molecule has 0 aliphatic heterocycles. The molecule has 2 amide bonds. The largest absolute Gasteiger partial charge is 0.353 e. The Morgan fingerprint density at radius 3 is 2.57 bits per heavy atom. The lowest BCUT2D eigenvalue weighted by Gasteiger charge is -2.20. The molecule has 1 aromatic heterocycles. The van der Waals surface area contributed by atoms with Gasteiger partial charge in [0, 0.05) is 17.8 Å². The van der Waals surface area contributed by atoms with Crippen molar-refractivity contribution in [3.63, 3.8) is 0 Å².